The molecular weight excluding hydrogens is 360 g/mol. The Morgan fingerprint density at radius 1 is 1.38 bits per heavy atom. The van der Waals surface area contributed by atoms with Crippen LogP contribution in [0, 0.1) is 0 Å². The van der Waals surface area contributed by atoms with Crippen LogP contribution in [0.25, 0.3) is 16.4 Å². The summed E-state index contributed by atoms with van der Waals surface area (Å²) >= 11 is 1.40. The maximum absolute atomic E-state index is 12.5. The van der Waals surface area contributed by atoms with E-state index in [1.54, 1.807) is 6.07 Å². The highest BCUT2D eigenvalue weighted by atomic mass is 32.1. The summed E-state index contributed by atoms with van der Waals surface area (Å²) in [5.41, 5.74) is 9.29. The van der Waals surface area contributed by atoms with E-state index in [1.165, 1.54) is 34.8 Å². The number of carbonyl (C=O) groups is 1. The lowest BCUT2D eigenvalue weighted by Crippen LogP contribution is -2.19. The summed E-state index contributed by atoms with van der Waals surface area (Å²) < 4.78 is 10.8. The van der Waals surface area contributed by atoms with Crippen LogP contribution in [0.4, 0.5) is 5.82 Å². The molecule has 12 heteroatoms. The molecule has 4 rings (SSSR count). The van der Waals surface area contributed by atoms with Gasteiger partial charge in [0.2, 0.25) is 11.6 Å². The number of anilines is 1. The molecular formula is C14H10N8O3S. The minimum Gasteiger partial charge on any atom is -0.472 e. The van der Waals surface area contributed by atoms with Gasteiger partial charge in [0.25, 0.3) is 5.91 Å². The first-order valence-corrected chi connectivity index (χ1v) is 8.05. The summed E-state index contributed by atoms with van der Waals surface area (Å²) in [5.74, 6) is -0.381. The predicted molar refractivity (Wildman–Crippen MR) is 90.7 cm³/mol. The summed E-state index contributed by atoms with van der Waals surface area (Å²) in [4.78, 5) is 13.2. The topological polar surface area (TPSA) is 150 Å². The van der Waals surface area contributed by atoms with Crippen molar-refractivity contribution in [3.63, 3.8) is 0 Å². The Morgan fingerprint density at radius 3 is 3.00 bits per heavy atom. The summed E-state index contributed by atoms with van der Waals surface area (Å²) in [6.45, 7) is 0. The van der Waals surface area contributed by atoms with Crippen LogP contribution in [-0.2, 0) is 0 Å². The summed E-state index contributed by atoms with van der Waals surface area (Å²) in [5, 5.41) is 20.9. The number of aromatic nitrogens is 5. The van der Waals surface area contributed by atoms with Crippen LogP contribution >= 0.6 is 11.3 Å². The highest BCUT2D eigenvalue weighted by Crippen LogP contribution is 2.29. The van der Waals surface area contributed by atoms with E-state index in [1.807, 2.05) is 17.5 Å². The molecule has 0 radical (unpaired) electrons. The number of carbonyl (C=O) groups excluding carboxylic acids is 1. The molecule has 0 aliphatic heterocycles. The second-order valence-corrected chi connectivity index (χ2v) is 5.85. The van der Waals surface area contributed by atoms with Crippen molar-refractivity contribution in [3.05, 3.63) is 47.4 Å². The number of furan rings is 1. The molecule has 0 atom stereocenters. The number of nitrogens with zero attached hydrogens (tertiary/aromatic N) is 6. The van der Waals surface area contributed by atoms with E-state index >= 15 is 0 Å². The van der Waals surface area contributed by atoms with E-state index in [0.717, 1.165) is 4.88 Å². The summed E-state index contributed by atoms with van der Waals surface area (Å²) in [7, 11) is 0. The molecule has 130 valence electrons. The lowest BCUT2D eigenvalue weighted by atomic mass is 10.2. The van der Waals surface area contributed by atoms with E-state index in [9.17, 15) is 4.79 Å². The van der Waals surface area contributed by atoms with Gasteiger partial charge in [0.05, 0.1) is 23.6 Å². The standard InChI is InChI=1S/C14H10N8O3S/c15-12-13(20-25-19-12)22-11(9-2-1-5-26-9)10(17-21-22)14(23)18-16-6-8-3-4-24-7-8/h1-7H,(H2,15,19)(H,18,23)/b16-6+. The van der Waals surface area contributed by atoms with E-state index in [4.69, 9.17) is 10.2 Å². The lowest BCUT2D eigenvalue weighted by molar-refractivity contribution is 0.0951. The molecule has 0 fully saturated rings. The van der Waals surface area contributed by atoms with E-state index in [-0.39, 0.29) is 17.3 Å². The van der Waals surface area contributed by atoms with Crippen LogP contribution < -0.4 is 11.2 Å². The van der Waals surface area contributed by atoms with Crippen LogP contribution in [0.2, 0.25) is 0 Å². The van der Waals surface area contributed by atoms with Gasteiger partial charge in [-0.3, -0.25) is 4.79 Å². The van der Waals surface area contributed by atoms with Crippen molar-refractivity contribution in [2.45, 2.75) is 0 Å². The summed E-state index contributed by atoms with van der Waals surface area (Å²) in [6.07, 6.45) is 4.43. The van der Waals surface area contributed by atoms with Gasteiger partial charge in [-0.2, -0.15) is 9.78 Å². The van der Waals surface area contributed by atoms with Gasteiger partial charge in [0.1, 0.15) is 5.69 Å². The maximum Gasteiger partial charge on any atom is 0.294 e. The van der Waals surface area contributed by atoms with Gasteiger partial charge in [-0.25, -0.2) is 10.1 Å². The first-order chi connectivity index (χ1) is 12.7. The van der Waals surface area contributed by atoms with E-state index in [0.29, 0.717) is 11.3 Å². The quantitative estimate of drug-likeness (QED) is 0.394. The second-order valence-electron chi connectivity index (χ2n) is 4.90. The van der Waals surface area contributed by atoms with E-state index in [2.05, 4.69) is 35.8 Å². The highest BCUT2D eigenvalue weighted by molar-refractivity contribution is 7.13. The molecule has 0 aliphatic rings. The Hall–Kier alpha value is -3.80. The van der Waals surface area contributed by atoms with Gasteiger partial charge in [-0.15, -0.1) is 16.4 Å². The van der Waals surface area contributed by atoms with Gasteiger partial charge in [0.15, 0.2) is 5.69 Å². The van der Waals surface area contributed by atoms with Gasteiger partial charge in [0, 0.05) is 5.56 Å². The van der Waals surface area contributed by atoms with Gasteiger partial charge < -0.3 is 10.2 Å². The Morgan fingerprint density at radius 2 is 2.31 bits per heavy atom. The molecule has 4 aromatic heterocycles. The number of nitrogens with one attached hydrogen (secondary N) is 1. The Bertz CT molecular complexity index is 1050. The highest BCUT2D eigenvalue weighted by Gasteiger charge is 2.25. The van der Waals surface area contributed by atoms with Crippen LogP contribution in [0.3, 0.4) is 0 Å². The number of hydrogen-bond donors (Lipinski definition) is 2. The molecule has 4 aromatic rings. The Labute approximate surface area is 149 Å². The number of hydrogen-bond acceptors (Lipinski definition) is 10. The second kappa shape index (κ2) is 6.60. The molecule has 1 amide bonds. The zero-order chi connectivity index (χ0) is 17.9. The molecule has 0 aliphatic carbocycles. The van der Waals surface area contributed by atoms with Crippen molar-refractivity contribution in [3.8, 4) is 16.4 Å². The molecule has 0 saturated carbocycles. The van der Waals surface area contributed by atoms with Crippen LogP contribution in [-0.4, -0.2) is 37.4 Å². The van der Waals surface area contributed by atoms with E-state index < -0.39 is 5.91 Å². The fourth-order valence-electron chi connectivity index (χ4n) is 2.12. The third-order valence-corrected chi connectivity index (χ3v) is 4.14. The zero-order valence-electron chi connectivity index (χ0n) is 12.9. The average molecular weight is 370 g/mol. The maximum atomic E-state index is 12.5. The van der Waals surface area contributed by atoms with Gasteiger partial charge >= 0.3 is 0 Å². The van der Waals surface area contributed by atoms with Crippen molar-refractivity contribution < 1.29 is 13.8 Å². The largest absolute Gasteiger partial charge is 0.472 e. The number of thiophene rings is 1. The first-order valence-electron chi connectivity index (χ1n) is 7.17. The monoisotopic (exact) mass is 370 g/mol. The number of rotatable bonds is 5. The molecule has 0 spiro atoms. The summed E-state index contributed by atoms with van der Waals surface area (Å²) in [6, 6.07) is 5.35. The fourth-order valence-corrected chi connectivity index (χ4v) is 2.88. The van der Waals surface area contributed by atoms with Gasteiger partial charge in [-0.1, -0.05) is 11.3 Å². The zero-order valence-corrected chi connectivity index (χ0v) is 13.8. The number of nitrogens with two attached hydrogens (primary N) is 1. The molecule has 26 heavy (non-hydrogen) atoms. The number of nitrogen functional groups attached to an aromatic ring is 1. The predicted octanol–water partition coefficient (Wildman–Crippen LogP) is 1.32. The molecule has 0 saturated heterocycles. The van der Waals surface area contributed by atoms with Crippen molar-refractivity contribution in [2.24, 2.45) is 5.10 Å². The van der Waals surface area contributed by atoms with Crippen LogP contribution in [0.1, 0.15) is 16.1 Å². The van der Waals surface area contributed by atoms with Crippen LogP contribution in [0.15, 0.2) is 50.3 Å². The van der Waals surface area contributed by atoms with Crippen molar-refractivity contribution >= 4 is 29.3 Å². The average Bonchev–Trinajstić information content (AvgIpc) is 3.41. The molecule has 0 unspecified atom stereocenters. The number of hydrazone groups is 1. The normalized spacial score (nSPS) is 11.2. The Balaban J connectivity index is 1.69. The van der Waals surface area contributed by atoms with Crippen molar-refractivity contribution in [2.75, 3.05) is 5.73 Å². The third kappa shape index (κ3) is 2.84. The first kappa shape index (κ1) is 15.7. The smallest absolute Gasteiger partial charge is 0.294 e. The minimum absolute atomic E-state index is 0.0256. The fraction of sp³-hybridized carbons (Fsp3) is 0. The number of amides is 1. The van der Waals surface area contributed by atoms with Crippen molar-refractivity contribution in [1.29, 1.82) is 0 Å². The minimum atomic E-state index is -0.547. The SMILES string of the molecule is Nc1nonc1-n1nnc(C(=O)N/N=C/c2ccoc2)c1-c1cccs1. The molecule has 0 bridgehead atoms. The molecule has 11 nitrogen and oxygen atoms in total. The van der Waals surface area contributed by atoms with Crippen molar-refractivity contribution in [1.82, 2.24) is 30.7 Å². The lowest BCUT2D eigenvalue weighted by Gasteiger charge is -2.02. The molecule has 0 aromatic carbocycles. The van der Waals surface area contributed by atoms with Crippen LogP contribution in [0.5, 0.6) is 0 Å². The Kier molecular flexibility index (Phi) is 3.99. The molecule has 3 N–H and O–H groups in total. The molecule has 4 heterocycles. The van der Waals surface area contributed by atoms with Gasteiger partial charge in [-0.05, 0) is 27.8 Å². The third-order valence-electron chi connectivity index (χ3n) is 3.26.